The summed E-state index contributed by atoms with van der Waals surface area (Å²) in [5.74, 6) is 0.625. The highest BCUT2D eigenvalue weighted by Crippen LogP contribution is 2.22. The Balaban J connectivity index is 1.56. The van der Waals surface area contributed by atoms with E-state index in [1.54, 1.807) is 0 Å². The van der Waals surface area contributed by atoms with Crippen molar-refractivity contribution in [2.24, 2.45) is 0 Å². The van der Waals surface area contributed by atoms with Crippen molar-refractivity contribution in [3.63, 3.8) is 0 Å². The van der Waals surface area contributed by atoms with Gasteiger partial charge in [0.05, 0.1) is 11.4 Å². The monoisotopic (exact) mass is 361 g/mol. The number of halogens is 1. The van der Waals surface area contributed by atoms with Gasteiger partial charge >= 0.3 is 0 Å². The lowest BCUT2D eigenvalue weighted by Crippen LogP contribution is -2.33. The van der Waals surface area contributed by atoms with Gasteiger partial charge < -0.3 is 4.90 Å². The van der Waals surface area contributed by atoms with Crippen LogP contribution in [0.1, 0.15) is 25.7 Å². The SMILES string of the molecule is O=C(CSc1ccc(-c2ccc(Cl)cc2)nn1)N1CCCCCC1. The number of amides is 1. The number of carbonyl (C=O) groups excluding carboxylic acids is 1. The molecule has 2 aromatic rings. The number of aromatic nitrogens is 2. The summed E-state index contributed by atoms with van der Waals surface area (Å²) >= 11 is 7.34. The fourth-order valence-corrected chi connectivity index (χ4v) is 3.56. The van der Waals surface area contributed by atoms with E-state index < -0.39 is 0 Å². The number of thioether (sulfide) groups is 1. The van der Waals surface area contributed by atoms with E-state index in [0.29, 0.717) is 10.8 Å². The molecule has 0 unspecified atom stereocenters. The fourth-order valence-electron chi connectivity index (χ4n) is 2.72. The number of benzene rings is 1. The summed E-state index contributed by atoms with van der Waals surface area (Å²) in [6, 6.07) is 11.3. The van der Waals surface area contributed by atoms with Crippen LogP contribution in [0.3, 0.4) is 0 Å². The van der Waals surface area contributed by atoms with Gasteiger partial charge in [0, 0.05) is 23.7 Å². The van der Waals surface area contributed by atoms with Gasteiger partial charge in [-0.3, -0.25) is 4.79 Å². The van der Waals surface area contributed by atoms with Crippen LogP contribution in [-0.4, -0.2) is 39.8 Å². The average molecular weight is 362 g/mol. The number of carbonyl (C=O) groups is 1. The summed E-state index contributed by atoms with van der Waals surface area (Å²) in [5.41, 5.74) is 1.78. The van der Waals surface area contributed by atoms with Crippen molar-refractivity contribution in [1.82, 2.24) is 15.1 Å². The molecular weight excluding hydrogens is 342 g/mol. The summed E-state index contributed by atoms with van der Waals surface area (Å²) in [5, 5.41) is 9.94. The second kappa shape index (κ2) is 8.49. The van der Waals surface area contributed by atoms with Crippen molar-refractivity contribution in [3.8, 4) is 11.3 Å². The number of likely N-dealkylation sites (tertiary alicyclic amines) is 1. The minimum atomic E-state index is 0.200. The molecule has 1 fully saturated rings. The van der Waals surface area contributed by atoms with Crippen LogP contribution >= 0.6 is 23.4 Å². The normalized spacial score (nSPS) is 15.1. The Labute approximate surface area is 151 Å². The van der Waals surface area contributed by atoms with Crippen molar-refractivity contribution in [2.75, 3.05) is 18.8 Å². The van der Waals surface area contributed by atoms with Crippen LogP contribution in [0.5, 0.6) is 0 Å². The van der Waals surface area contributed by atoms with Crippen LogP contribution in [0, 0.1) is 0 Å². The molecule has 0 aliphatic carbocycles. The van der Waals surface area contributed by atoms with Gasteiger partial charge in [-0.1, -0.05) is 48.3 Å². The second-order valence-corrected chi connectivity index (χ2v) is 7.28. The highest BCUT2D eigenvalue weighted by Gasteiger charge is 2.15. The third kappa shape index (κ3) is 4.71. The van der Waals surface area contributed by atoms with Gasteiger partial charge in [-0.25, -0.2) is 0 Å². The first-order chi connectivity index (χ1) is 11.7. The minimum Gasteiger partial charge on any atom is -0.342 e. The molecule has 0 saturated carbocycles. The molecule has 0 N–H and O–H groups in total. The van der Waals surface area contributed by atoms with E-state index in [1.165, 1.54) is 24.6 Å². The van der Waals surface area contributed by atoms with Gasteiger partial charge in [-0.2, -0.15) is 0 Å². The molecule has 24 heavy (non-hydrogen) atoms. The molecule has 2 heterocycles. The highest BCUT2D eigenvalue weighted by molar-refractivity contribution is 7.99. The van der Waals surface area contributed by atoms with Gasteiger partial charge in [0.15, 0.2) is 0 Å². The molecule has 126 valence electrons. The molecule has 1 aliphatic rings. The van der Waals surface area contributed by atoms with E-state index in [-0.39, 0.29) is 5.91 Å². The first kappa shape index (κ1) is 17.2. The lowest BCUT2D eigenvalue weighted by Gasteiger charge is -2.19. The maximum atomic E-state index is 12.3. The lowest BCUT2D eigenvalue weighted by atomic mass is 10.1. The van der Waals surface area contributed by atoms with Gasteiger partial charge in [0.1, 0.15) is 5.03 Å². The van der Waals surface area contributed by atoms with Gasteiger partial charge in [-0.15, -0.1) is 10.2 Å². The van der Waals surface area contributed by atoms with Crippen molar-refractivity contribution in [2.45, 2.75) is 30.7 Å². The molecule has 6 heteroatoms. The largest absolute Gasteiger partial charge is 0.342 e. The van der Waals surface area contributed by atoms with E-state index in [2.05, 4.69) is 10.2 Å². The third-order valence-electron chi connectivity index (χ3n) is 4.08. The van der Waals surface area contributed by atoms with E-state index in [0.717, 1.165) is 42.2 Å². The van der Waals surface area contributed by atoms with Crippen LogP contribution in [0.25, 0.3) is 11.3 Å². The smallest absolute Gasteiger partial charge is 0.232 e. The molecule has 3 rings (SSSR count). The Bertz CT molecular complexity index is 668. The van der Waals surface area contributed by atoms with Crippen LogP contribution in [0.2, 0.25) is 5.02 Å². The standard InChI is InChI=1S/C18H20ClN3OS/c19-15-7-5-14(6-8-15)16-9-10-17(21-20-16)24-13-18(23)22-11-3-1-2-4-12-22/h5-10H,1-4,11-13H2. The Hall–Kier alpha value is -1.59. The number of rotatable bonds is 4. The molecule has 0 atom stereocenters. The van der Waals surface area contributed by atoms with Crippen LogP contribution < -0.4 is 0 Å². The van der Waals surface area contributed by atoms with E-state index >= 15 is 0 Å². The van der Waals surface area contributed by atoms with Crippen LogP contribution in [0.15, 0.2) is 41.4 Å². The predicted octanol–water partition coefficient (Wildman–Crippen LogP) is 4.29. The Morgan fingerprint density at radius 2 is 1.71 bits per heavy atom. The van der Waals surface area contributed by atoms with E-state index in [4.69, 9.17) is 11.6 Å². The molecule has 0 radical (unpaired) electrons. The number of hydrogen-bond donors (Lipinski definition) is 0. The summed E-state index contributed by atoms with van der Waals surface area (Å²) in [6.07, 6.45) is 4.70. The summed E-state index contributed by atoms with van der Waals surface area (Å²) < 4.78 is 0. The van der Waals surface area contributed by atoms with Crippen molar-refractivity contribution >= 4 is 29.3 Å². The molecule has 1 aromatic heterocycles. The molecule has 1 amide bonds. The zero-order chi connectivity index (χ0) is 16.8. The number of nitrogens with zero attached hydrogens (tertiary/aromatic N) is 3. The summed E-state index contributed by atoms with van der Waals surface area (Å²) in [7, 11) is 0. The summed E-state index contributed by atoms with van der Waals surface area (Å²) in [6.45, 7) is 1.78. The topological polar surface area (TPSA) is 46.1 Å². The van der Waals surface area contributed by atoms with Gasteiger partial charge in [0.25, 0.3) is 0 Å². The fraction of sp³-hybridized carbons (Fsp3) is 0.389. The van der Waals surface area contributed by atoms with Crippen molar-refractivity contribution in [1.29, 1.82) is 0 Å². The summed E-state index contributed by atoms with van der Waals surface area (Å²) in [4.78, 5) is 14.3. The maximum Gasteiger partial charge on any atom is 0.232 e. The second-order valence-electron chi connectivity index (χ2n) is 5.85. The Morgan fingerprint density at radius 3 is 2.33 bits per heavy atom. The maximum absolute atomic E-state index is 12.3. The van der Waals surface area contributed by atoms with Crippen LogP contribution in [0.4, 0.5) is 0 Å². The molecule has 1 aromatic carbocycles. The molecule has 4 nitrogen and oxygen atoms in total. The molecule has 1 aliphatic heterocycles. The van der Waals surface area contributed by atoms with Crippen molar-refractivity contribution in [3.05, 3.63) is 41.4 Å². The third-order valence-corrected chi connectivity index (χ3v) is 5.24. The first-order valence-electron chi connectivity index (χ1n) is 8.22. The Kier molecular flexibility index (Phi) is 6.10. The van der Waals surface area contributed by atoms with Crippen LogP contribution in [-0.2, 0) is 4.79 Å². The van der Waals surface area contributed by atoms with E-state index in [1.807, 2.05) is 41.3 Å². The highest BCUT2D eigenvalue weighted by atomic mass is 35.5. The zero-order valence-electron chi connectivity index (χ0n) is 13.4. The zero-order valence-corrected chi connectivity index (χ0v) is 15.0. The molecule has 0 bridgehead atoms. The van der Waals surface area contributed by atoms with Gasteiger partial charge in [0.2, 0.25) is 5.91 Å². The molecular formula is C18H20ClN3OS. The van der Waals surface area contributed by atoms with Gasteiger partial charge in [-0.05, 0) is 37.1 Å². The first-order valence-corrected chi connectivity index (χ1v) is 9.59. The minimum absolute atomic E-state index is 0.200. The Morgan fingerprint density at radius 1 is 1.00 bits per heavy atom. The average Bonchev–Trinajstić information content (AvgIpc) is 2.90. The molecule has 0 spiro atoms. The van der Waals surface area contributed by atoms with E-state index in [9.17, 15) is 4.79 Å². The lowest BCUT2D eigenvalue weighted by molar-refractivity contribution is -0.128. The van der Waals surface area contributed by atoms with Crippen molar-refractivity contribution < 1.29 is 4.79 Å². The number of hydrogen-bond acceptors (Lipinski definition) is 4. The quantitative estimate of drug-likeness (QED) is 0.762. The molecule has 1 saturated heterocycles. The predicted molar refractivity (Wildman–Crippen MR) is 98.3 cm³/mol.